The highest BCUT2D eigenvalue weighted by atomic mass is 79.9. The molecule has 5 nitrogen and oxygen atoms in total. The normalized spacial score (nSPS) is 11.7. The molecule has 1 aromatic heterocycles. The van der Waals surface area contributed by atoms with Crippen LogP contribution in [0, 0.1) is 12.8 Å². The van der Waals surface area contributed by atoms with Crippen LogP contribution in [0.15, 0.2) is 41.0 Å². The minimum atomic E-state index is -0.484. The zero-order chi connectivity index (χ0) is 19.1. The minimum absolute atomic E-state index is 0.147. The lowest BCUT2D eigenvalue weighted by atomic mass is 9.99. The zero-order valence-corrected chi connectivity index (χ0v) is 16.9. The van der Waals surface area contributed by atoms with Crippen LogP contribution in [0.1, 0.15) is 28.5 Å². The van der Waals surface area contributed by atoms with Crippen LogP contribution in [0.2, 0.25) is 5.02 Å². The first-order valence-electron chi connectivity index (χ1n) is 8.23. The molecule has 0 saturated heterocycles. The molecule has 1 heterocycles. The average molecular weight is 440 g/mol. The summed E-state index contributed by atoms with van der Waals surface area (Å²) in [4.78, 5) is 28.8. The highest BCUT2D eigenvalue weighted by molar-refractivity contribution is 9.10. The maximum Gasteiger partial charge on any atom is 0.311 e. The van der Waals surface area contributed by atoms with E-state index in [1.807, 2.05) is 30.3 Å². The first kappa shape index (κ1) is 20.4. The fraction of sp³-hybridized carbons (Fsp3) is 0.316. The van der Waals surface area contributed by atoms with Crippen LogP contribution < -0.4 is 5.32 Å². The van der Waals surface area contributed by atoms with Crippen LogP contribution >= 0.6 is 27.5 Å². The molecule has 2 aromatic rings. The number of benzene rings is 1. The lowest BCUT2D eigenvalue weighted by Crippen LogP contribution is -2.35. The van der Waals surface area contributed by atoms with E-state index in [1.54, 1.807) is 13.8 Å². The number of halogens is 2. The average Bonchev–Trinajstić information content (AvgIpc) is 2.64. The molecule has 1 atom stereocenters. The fourth-order valence-electron chi connectivity index (χ4n) is 2.42. The van der Waals surface area contributed by atoms with E-state index in [1.165, 1.54) is 6.20 Å². The van der Waals surface area contributed by atoms with Crippen molar-refractivity contribution in [1.29, 1.82) is 0 Å². The molecule has 2 rings (SSSR count). The lowest BCUT2D eigenvalue weighted by Gasteiger charge is -2.17. The highest BCUT2D eigenvalue weighted by Gasteiger charge is 2.22. The number of amides is 1. The number of nitrogens with zero attached hydrogens (tertiary/aromatic N) is 1. The quantitative estimate of drug-likeness (QED) is 0.663. The smallest absolute Gasteiger partial charge is 0.311 e. The molecule has 1 aromatic carbocycles. The summed E-state index contributed by atoms with van der Waals surface area (Å²) in [5, 5.41) is 3.06. The highest BCUT2D eigenvalue weighted by Crippen LogP contribution is 2.27. The van der Waals surface area contributed by atoms with E-state index in [9.17, 15) is 9.59 Å². The van der Waals surface area contributed by atoms with Crippen LogP contribution in [-0.4, -0.2) is 30.0 Å². The number of esters is 1. The summed E-state index contributed by atoms with van der Waals surface area (Å²) in [6, 6.07) is 9.60. The van der Waals surface area contributed by atoms with Gasteiger partial charge in [-0.15, -0.1) is 0 Å². The molecule has 0 aliphatic heterocycles. The summed E-state index contributed by atoms with van der Waals surface area (Å²) in [7, 11) is 0. The molecule has 1 amide bonds. The number of carbonyl (C=O) groups excluding carboxylic acids is 2. The van der Waals surface area contributed by atoms with Crippen molar-refractivity contribution in [3.05, 3.63) is 62.8 Å². The Bertz CT molecular complexity index is 784. The van der Waals surface area contributed by atoms with Crippen LogP contribution in [0.3, 0.4) is 0 Å². The van der Waals surface area contributed by atoms with Gasteiger partial charge in [0.25, 0.3) is 5.91 Å². The van der Waals surface area contributed by atoms with Crippen molar-refractivity contribution >= 4 is 39.4 Å². The number of carbonyl (C=O) groups is 2. The van der Waals surface area contributed by atoms with Gasteiger partial charge >= 0.3 is 5.97 Å². The molecule has 26 heavy (non-hydrogen) atoms. The Labute approximate surface area is 166 Å². The number of ether oxygens (including phenoxy) is 1. The van der Waals surface area contributed by atoms with Crippen LogP contribution in [0.25, 0.3) is 0 Å². The Morgan fingerprint density at radius 2 is 2.00 bits per heavy atom. The largest absolute Gasteiger partial charge is 0.466 e. The predicted molar refractivity (Wildman–Crippen MR) is 104 cm³/mol. The molecular formula is C19H20BrClN2O3. The topological polar surface area (TPSA) is 68.3 Å². The van der Waals surface area contributed by atoms with Gasteiger partial charge in [0.15, 0.2) is 0 Å². The minimum Gasteiger partial charge on any atom is -0.466 e. The molecule has 0 bridgehead atoms. The molecule has 0 aliphatic rings. The molecule has 0 saturated carbocycles. The Morgan fingerprint density at radius 3 is 2.65 bits per heavy atom. The molecule has 0 fully saturated rings. The monoisotopic (exact) mass is 438 g/mol. The molecule has 0 unspecified atom stereocenters. The Kier molecular flexibility index (Phi) is 7.60. The van der Waals surface area contributed by atoms with Crippen molar-refractivity contribution in [2.75, 3.05) is 13.2 Å². The van der Waals surface area contributed by atoms with Crippen molar-refractivity contribution in [2.24, 2.45) is 5.92 Å². The third-order valence-electron chi connectivity index (χ3n) is 3.83. The number of hydrogen-bond donors (Lipinski definition) is 1. The number of pyridine rings is 1. The number of aromatic nitrogens is 1. The second kappa shape index (κ2) is 9.69. The Balaban J connectivity index is 2.09. The van der Waals surface area contributed by atoms with E-state index in [2.05, 4.69) is 26.2 Å². The van der Waals surface area contributed by atoms with Crippen LogP contribution in [0.4, 0.5) is 0 Å². The van der Waals surface area contributed by atoms with Crippen molar-refractivity contribution in [1.82, 2.24) is 10.3 Å². The molecule has 7 heteroatoms. The van der Waals surface area contributed by atoms with Crippen molar-refractivity contribution in [2.45, 2.75) is 20.3 Å². The van der Waals surface area contributed by atoms with E-state index in [0.717, 1.165) is 5.56 Å². The predicted octanol–water partition coefficient (Wildman–Crippen LogP) is 3.96. The SMILES string of the molecule is CCOC(=O)[C@@H](CNC(=O)c1cnc(C)c(Br)c1Cl)Cc1ccccc1. The summed E-state index contributed by atoms with van der Waals surface area (Å²) in [5.74, 6) is -1.21. The maximum absolute atomic E-state index is 12.5. The van der Waals surface area contributed by atoms with Crippen LogP contribution in [0.5, 0.6) is 0 Å². The van der Waals surface area contributed by atoms with Gasteiger partial charge in [0.05, 0.1) is 33.3 Å². The maximum atomic E-state index is 12.5. The molecule has 1 N–H and O–H groups in total. The van der Waals surface area contributed by atoms with Gasteiger partial charge in [0.2, 0.25) is 0 Å². The number of rotatable bonds is 7. The van der Waals surface area contributed by atoms with Crippen molar-refractivity contribution in [3.63, 3.8) is 0 Å². The number of hydrogen-bond acceptors (Lipinski definition) is 4. The summed E-state index contributed by atoms with van der Waals surface area (Å²) >= 11 is 9.53. The number of nitrogens with one attached hydrogen (secondary N) is 1. The van der Waals surface area contributed by atoms with E-state index in [-0.39, 0.29) is 24.0 Å². The number of aryl methyl sites for hydroxylation is 1. The lowest BCUT2D eigenvalue weighted by molar-refractivity contribution is -0.147. The second-order valence-corrected chi connectivity index (χ2v) is 6.90. The molecule has 138 valence electrons. The molecule has 0 radical (unpaired) electrons. The molecule has 0 spiro atoms. The Hall–Kier alpha value is -1.92. The third kappa shape index (κ3) is 5.29. The fourth-order valence-corrected chi connectivity index (χ4v) is 3.01. The standard InChI is InChI=1S/C19H20BrClN2O3/c1-3-26-19(25)14(9-13-7-5-4-6-8-13)10-23-18(24)15-11-22-12(2)16(20)17(15)21/h4-8,11,14H,3,9-10H2,1-2H3,(H,23,24)/t14-/m1/s1. The van der Waals surface area contributed by atoms with E-state index >= 15 is 0 Å². The summed E-state index contributed by atoms with van der Waals surface area (Å²) in [5.41, 5.74) is 1.95. The first-order valence-corrected chi connectivity index (χ1v) is 9.40. The van der Waals surface area contributed by atoms with Crippen molar-refractivity contribution in [3.8, 4) is 0 Å². The Morgan fingerprint density at radius 1 is 1.31 bits per heavy atom. The van der Waals surface area contributed by atoms with Gasteiger partial charge in [-0.05, 0) is 41.8 Å². The molecule has 0 aliphatic carbocycles. The van der Waals surface area contributed by atoms with Gasteiger partial charge in [-0.3, -0.25) is 14.6 Å². The van der Waals surface area contributed by atoms with E-state index in [0.29, 0.717) is 28.2 Å². The third-order valence-corrected chi connectivity index (χ3v) is 5.42. The summed E-state index contributed by atoms with van der Waals surface area (Å²) in [6.45, 7) is 3.98. The van der Waals surface area contributed by atoms with Gasteiger partial charge in [-0.25, -0.2) is 0 Å². The van der Waals surface area contributed by atoms with Gasteiger partial charge in [0, 0.05) is 12.7 Å². The van der Waals surface area contributed by atoms with Gasteiger partial charge in [-0.1, -0.05) is 41.9 Å². The van der Waals surface area contributed by atoms with Gasteiger partial charge in [-0.2, -0.15) is 0 Å². The van der Waals surface area contributed by atoms with E-state index in [4.69, 9.17) is 16.3 Å². The van der Waals surface area contributed by atoms with Gasteiger partial charge in [0.1, 0.15) is 0 Å². The zero-order valence-electron chi connectivity index (χ0n) is 14.6. The molecular weight excluding hydrogens is 420 g/mol. The van der Waals surface area contributed by atoms with Crippen LogP contribution in [-0.2, 0) is 16.0 Å². The summed E-state index contributed by atoms with van der Waals surface area (Å²) < 4.78 is 5.72. The van der Waals surface area contributed by atoms with Gasteiger partial charge < -0.3 is 10.1 Å². The van der Waals surface area contributed by atoms with E-state index < -0.39 is 5.92 Å². The second-order valence-electron chi connectivity index (χ2n) is 5.73. The first-order chi connectivity index (χ1) is 12.4. The van der Waals surface area contributed by atoms with Crippen molar-refractivity contribution < 1.29 is 14.3 Å². The summed E-state index contributed by atoms with van der Waals surface area (Å²) in [6.07, 6.45) is 1.90.